The molecule has 0 aliphatic rings. The molecule has 2 N–H and O–H groups in total. The van der Waals surface area contributed by atoms with Crippen LogP contribution in [0.4, 0.5) is 8.78 Å². The van der Waals surface area contributed by atoms with Crippen molar-refractivity contribution in [2.75, 3.05) is 0 Å². The molecule has 82 valence electrons. The van der Waals surface area contributed by atoms with Crippen LogP contribution in [0.25, 0.3) is 11.4 Å². The Bertz CT molecular complexity index is 553. The number of carbonyl (C=O) groups is 1. The van der Waals surface area contributed by atoms with Crippen LogP contribution >= 0.6 is 0 Å². The molecule has 0 saturated carbocycles. The van der Waals surface area contributed by atoms with E-state index in [9.17, 15) is 13.6 Å². The van der Waals surface area contributed by atoms with Crippen molar-refractivity contribution in [3.63, 3.8) is 0 Å². The first-order chi connectivity index (χ1) is 7.59. The smallest absolute Gasteiger partial charge is 0.316 e. The number of hydrogen-bond donors (Lipinski definition) is 1. The van der Waals surface area contributed by atoms with E-state index in [2.05, 4.69) is 14.7 Å². The van der Waals surface area contributed by atoms with Crippen molar-refractivity contribution in [3.8, 4) is 11.4 Å². The fraction of sp³-hybridized carbons (Fsp3) is 0. The maximum absolute atomic E-state index is 13.3. The van der Waals surface area contributed by atoms with Gasteiger partial charge in [0, 0.05) is 0 Å². The highest BCUT2D eigenvalue weighted by molar-refractivity contribution is 5.88. The first kappa shape index (κ1) is 10.2. The molecular weight excluding hydrogens is 220 g/mol. The second-order valence-electron chi connectivity index (χ2n) is 2.89. The number of amides is 1. The van der Waals surface area contributed by atoms with Gasteiger partial charge in [-0.05, 0) is 12.1 Å². The van der Waals surface area contributed by atoms with Gasteiger partial charge in [-0.15, -0.1) is 0 Å². The van der Waals surface area contributed by atoms with Crippen LogP contribution in [0.1, 0.15) is 10.7 Å². The molecule has 0 fully saturated rings. The van der Waals surface area contributed by atoms with Crippen LogP contribution in [0, 0.1) is 11.6 Å². The third-order valence-corrected chi connectivity index (χ3v) is 1.83. The van der Waals surface area contributed by atoms with Crippen LogP contribution < -0.4 is 5.73 Å². The van der Waals surface area contributed by atoms with E-state index in [0.29, 0.717) is 0 Å². The molecule has 0 bridgehead atoms. The van der Waals surface area contributed by atoms with E-state index >= 15 is 0 Å². The Morgan fingerprint density at radius 2 is 2.12 bits per heavy atom. The topological polar surface area (TPSA) is 82.0 Å². The maximum Gasteiger partial charge on any atom is 0.316 e. The maximum atomic E-state index is 13.3. The van der Waals surface area contributed by atoms with Crippen molar-refractivity contribution in [2.45, 2.75) is 0 Å². The molecule has 2 rings (SSSR count). The largest absolute Gasteiger partial charge is 0.361 e. The third-order valence-electron chi connectivity index (χ3n) is 1.83. The van der Waals surface area contributed by atoms with Gasteiger partial charge in [-0.1, -0.05) is 11.2 Å². The summed E-state index contributed by atoms with van der Waals surface area (Å²) in [4.78, 5) is 14.2. The number of carbonyl (C=O) groups excluding carboxylic acids is 1. The number of aromatic nitrogens is 2. The molecule has 1 heterocycles. The number of nitrogens with zero attached hydrogens (tertiary/aromatic N) is 2. The van der Waals surface area contributed by atoms with Gasteiger partial charge in [0.25, 0.3) is 0 Å². The van der Waals surface area contributed by atoms with Crippen molar-refractivity contribution in [2.24, 2.45) is 5.73 Å². The van der Waals surface area contributed by atoms with E-state index < -0.39 is 23.4 Å². The van der Waals surface area contributed by atoms with Crippen LogP contribution in [0.15, 0.2) is 22.7 Å². The number of benzene rings is 1. The molecule has 7 heteroatoms. The molecule has 5 nitrogen and oxygen atoms in total. The Labute approximate surface area is 87.9 Å². The second-order valence-corrected chi connectivity index (χ2v) is 2.89. The predicted molar refractivity (Wildman–Crippen MR) is 48.2 cm³/mol. The van der Waals surface area contributed by atoms with Crippen molar-refractivity contribution in [3.05, 3.63) is 35.7 Å². The van der Waals surface area contributed by atoms with Crippen LogP contribution in [0.3, 0.4) is 0 Å². The van der Waals surface area contributed by atoms with E-state index in [-0.39, 0.29) is 11.4 Å². The molecule has 1 amide bonds. The molecule has 16 heavy (non-hydrogen) atoms. The van der Waals surface area contributed by atoms with E-state index in [1.807, 2.05) is 0 Å². The summed E-state index contributed by atoms with van der Waals surface area (Å²) in [6.07, 6.45) is 0. The molecule has 0 atom stereocenters. The molecule has 0 aliphatic heterocycles. The van der Waals surface area contributed by atoms with E-state index in [0.717, 1.165) is 6.07 Å². The minimum atomic E-state index is -1.11. The lowest BCUT2D eigenvalue weighted by atomic mass is 10.2. The number of hydrogen-bond acceptors (Lipinski definition) is 4. The Kier molecular flexibility index (Phi) is 2.35. The van der Waals surface area contributed by atoms with Gasteiger partial charge < -0.3 is 10.3 Å². The Balaban J connectivity index is 2.50. The van der Waals surface area contributed by atoms with E-state index in [1.165, 1.54) is 12.1 Å². The lowest BCUT2D eigenvalue weighted by Gasteiger charge is -1.96. The highest BCUT2D eigenvalue weighted by atomic mass is 19.2. The summed E-state index contributed by atoms with van der Waals surface area (Å²) >= 11 is 0. The third kappa shape index (κ3) is 1.62. The molecule has 1 aromatic carbocycles. The molecule has 0 radical (unpaired) electrons. The summed E-state index contributed by atoms with van der Waals surface area (Å²) in [5.41, 5.74) is 4.67. The minimum Gasteiger partial charge on any atom is -0.361 e. The van der Waals surface area contributed by atoms with Gasteiger partial charge in [-0.2, -0.15) is 4.98 Å². The number of halogens is 2. The Hall–Kier alpha value is -2.31. The normalized spacial score (nSPS) is 10.4. The van der Waals surface area contributed by atoms with E-state index in [1.54, 1.807) is 0 Å². The van der Waals surface area contributed by atoms with Gasteiger partial charge in [-0.25, -0.2) is 8.78 Å². The Morgan fingerprint density at radius 1 is 1.38 bits per heavy atom. The predicted octanol–water partition coefficient (Wildman–Crippen LogP) is 1.11. The van der Waals surface area contributed by atoms with Crippen LogP contribution in [0.5, 0.6) is 0 Å². The highest BCUT2D eigenvalue weighted by Crippen LogP contribution is 2.21. The van der Waals surface area contributed by atoms with Crippen molar-refractivity contribution >= 4 is 5.91 Å². The minimum absolute atomic E-state index is 0.198. The monoisotopic (exact) mass is 225 g/mol. The average Bonchev–Trinajstić information content (AvgIpc) is 2.71. The number of primary amides is 1. The lowest BCUT2D eigenvalue weighted by Crippen LogP contribution is -2.11. The Morgan fingerprint density at radius 3 is 2.75 bits per heavy atom. The quantitative estimate of drug-likeness (QED) is 0.829. The molecule has 0 saturated heterocycles. The second kappa shape index (κ2) is 3.69. The molecular formula is C9H5F2N3O2. The molecule has 1 aromatic heterocycles. The summed E-state index contributed by atoms with van der Waals surface area (Å²) in [5.74, 6) is -3.78. The van der Waals surface area contributed by atoms with Crippen molar-refractivity contribution < 1.29 is 18.1 Å². The summed E-state index contributed by atoms with van der Waals surface area (Å²) in [6.45, 7) is 0. The molecule has 0 aliphatic carbocycles. The van der Waals surface area contributed by atoms with Gasteiger partial charge in [0.05, 0.1) is 5.56 Å². The van der Waals surface area contributed by atoms with Gasteiger partial charge in [0.2, 0.25) is 5.82 Å². The standard InChI is InChI=1S/C9H5F2N3O2/c10-5-3-1-2-4(6(5)11)8-13-9(7(12)15)16-14-8/h1-3H,(H2,12,15). The van der Waals surface area contributed by atoms with Gasteiger partial charge in [0.15, 0.2) is 11.6 Å². The fourth-order valence-corrected chi connectivity index (χ4v) is 1.11. The molecule has 0 unspecified atom stereocenters. The van der Waals surface area contributed by atoms with Crippen LogP contribution in [-0.2, 0) is 0 Å². The van der Waals surface area contributed by atoms with Crippen LogP contribution in [-0.4, -0.2) is 16.0 Å². The van der Waals surface area contributed by atoms with Gasteiger partial charge >= 0.3 is 11.8 Å². The average molecular weight is 225 g/mol. The van der Waals surface area contributed by atoms with Crippen molar-refractivity contribution in [1.82, 2.24) is 10.1 Å². The zero-order valence-electron chi connectivity index (χ0n) is 7.78. The number of rotatable bonds is 2. The zero-order chi connectivity index (χ0) is 11.7. The molecule has 0 spiro atoms. The highest BCUT2D eigenvalue weighted by Gasteiger charge is 2.17. The van der Waals surface area contributed by atoms with Gasteiger partial charge in [-0.3, -0.25) is 4.79 Å². The first-order valence-electron chi connectivity index (χ1n) is 4.17. The summed E-state index contributed by atoms with van der Waals surface area (Å²) in [5, 5.41) is 3.32. The zero-order valence-corrected chi connectivity index (χ0v) is 7.78. The van der Waals surface area contributed by atoms with E-state index in [4.69, 9.17) is 5.73 Å². The van der Waals surface area contributed by atoms with Crippen LogP contribution in [0.2, 0.25) is 0 Å². The lowest BCUT2D eigenvalue weighted by molar-refractivity contribution is 0.0958. The summed E-state index contributed by atoms with van der Waals surface area (Å²) in [7, 11) is 0. The summed E-state index contributed by atoms with van der Waals surface area (Å²) in [6, 6.07) is 3.50. The fourth-order valence-electron chi connectivity index (χ4n) is 1.11. The van der Waals surface area contributed by atoms with Gasteiger partial charge in [0.1, 0.15) is 0 Å². The molecule has 2 aromatic rings. The summed E-state index contributed by atoms with van der Waals surface area (Å²) < 4.78 is 30.6. The number of nitrogens with two attached hydrogens (primary N) is 1. The first-order valence-corrected chi connectivity index (χ1v) is 4.17. The van der Waals surface area contributed by atoms with Crippen molar-refractivity contribution in [1.29, 1.82) is 0 Å². The SMILES string of the molecule is NC(=O)c1nc(-c2cccc(F)c2F)no1.